The topological polar surface area (TPSA) is 118 Å². The standard InChI is InChI=1S/C32H40N4O4/c1-4-40-28(37)18-21-19-32(25-11-7-5-9-23(21)25)13-15-36(16-14-32)29(38)27(35-30(39)31(2,3)33)17-22-20-34-26-12-8-6-10-24(22)26/h5-12,20-21,27,34H,4,13-19,33H2,1-3H3,(H,35,39)/t21-,27-/m1/s1. The summed E-state index contributed by atoms with van der Waals surface area (Å²) in [6.07, 6.45) is 5.16. The summed E-state index contributed by atoms with van der Waals surface area (Å²) >= 11 is 0. The van der Waals surface area contributed by atoms with Gasteiger partial charge in [-0.25, -0.2) is 0 Å². The molecule has 2 atom stereocenters. The molecule has 1 saturated heterocycles. The Hall–Kier alpha value is -3.65. The summed E-state index contributed by atoms with van der Waals surface area (Å²) in [4.78, 5) is 44.4. The highest BCUT2D eigenvalue weighted by molar-refractivity contribution is 5.92. The lowest BCUT2D eigenvalue weighted by Gasteiger charge is -2.41. The Morgan fingerprint density at radius 3 is 2.55 bits per heavy atom. The molecule has 4 N–H and O–H groups in total. The maximum atomic E-state index is 14.0. The predicted octanol–water partition coefficient (Wildman–Crippen LogP) is 3.93. The quantitative estimate of drug-likeness (QED) is 0.372. The van der Waals surface area contributed by atoms with Gasteiger partial charge >= 0.3 is 5.97 Å². The van der Waals surface area contributed by atoms with Crippen molar-refractivity contribution in [1.82, 2.24) is 15.2 Å². The Bertz CT molecular complexity index is 1400. The molecule has 5 rings (SSSR count). The molecule has 40 heavy (non-hydrogen) atoms. The van der Waals surface area contributed by atoms with Crippen LogP contribution in [0.2, 0.25) is 0 Å². The van der Waals surface area contributed by atoms with Gasteiger partial charge in [0, 0.05) is 36.6 Å². The highest BCUT2D eigenvalue weighted by atomic mass is 16.5. The van der Waals surface area contributed by atoms with Crippen LogP contribution in [0.4, 0.5) is 0 Å². The number of benzene rings is 2. The zero-order valence-electron chi connectivity index (χ0n) is 23.7. The molecule has 2 aliphatic rings. The van der Waals surface area contributed by atoms with E-state index in [0.717, 1.165) is 35.7 Å². The summed E-state index contributed by atoms with van der Waals surface area (Å²) in [6.45, 7) is 6.68. The number of amides is 2. The highest BCUT2D eigenvalue weighted by Gasteiger charge is 2.47. The van der Waals surface area contributed by atoms with E-state index in [-0.39, 0.29) is 29.1 Å². The molecule has 1 aliphatic carbocycles. The fourth-order valence-corrected chi connectivity index (χ4v) is 6.54. The normalized spacial score (nSPS) is 18.9. The van der Waals surface area contributed by atoms with Crippen LogP contribution in [0.1, 0.15) is 69.1 Å². The number of nitrogens with two attached hydrogens (primary N) is 1. The van der Waals surface area contributed by atoms with E-state index in [0.29, 0.717) is 32.5 Å². The molecule has 1 aromatic heterocycles. The van der Waals surface area contributed by atoms with Gasteiger partial charge in [0.25, 0.3) is 0 Å². The molecule has 1 spiro atoms. The zero-order valence-corrected chi connectivity index (χ0v) is 23.7. The van der Waals surface area contributed by atoms with Crippen molar-refractivity contribution in [3.8, 4) is 0 Å². The Kier molecular flexibility index (Phi) is 7.73. The highest BCUT2D eigenvalue weighted by Crippen LogP contribution is 2.52. The van der Waals surface area contributed by atoms with Crippen molar-refractivity contribution < 1.29 is 19.1 Å². The van der Waals surface area contributed by atoms with Crippen molar-refractivity contribution in [2.75, 3.05) is 19.7 Å². The number of H-pyrrole nitrogens is 1. The molecular formula is C32H40N4O4. The van der Waals surface area contributed by atoms with Gasteiger partial charge in [-0.15, -0.1) is 0 Å². The minimum absolute atomic E-state index is 0.0701. The summed E-state index contributed by atoms with van der Waals surface area (Å²) in [5.74, 6) is -0.485. The molecule has 0 radical (unpaired) electrons. The number of likely N-dealkylation sites (tertiary alicyclic amines) is 1. The molecule has 1 aliphatic heterocycles. The second kappa shape index (κ2) is 11.1. The summed E-state index contributed by atoms with van der Waals surface area (Å²) in [6, 6.07) is 15.6. The van der Waals surface area contributed by atoms with Gasteiger partial charge in [-0.05, 0) is 74.1 Å². The van der Waals surface area contributed by atoms with Gasteiger partial charge in [0.2, 0.25) is 11.8 Å². The maximum Gasteiger partial charge on any atom is 0.306 e. The predicted molar refractivity (Wildman–Crippen MR) is 155 cm³/mol. The Labute approximate surface area is 235 Å². The number of carbonyl (C=O) groups is 3. The average molecular weight is 545 g/mol. The third kappa shape index (κ3) is 5.50. The van der Waals surface area contributed by atoms with Gasteiger partial charge in [-0.3, -0.25) is 14.4 Å². The van der Waals surface area contributed by atoms with Crippen LogP contribution in [0, 0.1) is 0 Å². The Morgan fingerprint density at radius 1 is 1.12 bits per heavy atom. The van der Waals surface area contributed by atoms with Crippen molar-refractivity contribution in [2.24, 2.45) is 5.73 Å². The zero-order chi connectivity index (χ0) is 28.5. The maximum absolute atomic E-state index is 14.0. The van der Waals surface area contributed by atoms with Crippen LogP contribution in [0.25, 0.3) is 10.9 Å². The van der Waals surface area contributed by atoms with Crippen LogP contribution in [0.5, 0.6) is 0 Å². The third-order valence-electron chi connectivity index (χ3n) is 8.65. The molecule has 1 fully saturated rings. The molecule has 8 nitrogen and oxygen atoms in total. The molecule has 0 unspecified atom stereocenters. The number of carbonyl (C=O) groups excluding carboxylic acids is 3. The van der Waals surface area contributed by atoms with Gasteiger partial charge in [-0.1, -0.05) is 42.5 Å². The summed E-state index contributed by atoms with van der Waals surface area (Å²) < 4.78 is 5.26. The van der Waals surface area contributed by atoms with Crippen LogP contribution in [0.15, 0.2) is 54.7 Å². The number of hydrogen-bond acceptors (Lipinski definition) is 5. The van der Waals surface area contributed by atoms with Crippen molar-refractivity contribution in [3.63, 3.8) is 0 Å². The number of nitrogens with one attached hydrogen (secondary N) is 2. The van der Waals surface area contributed by atoms with E-state index in [2.05, 4.69) is 28.5 Å². The number of fused-ring (bicyclic) bond motifs is 3. The van der Waals surface area contributed by atoms with E-state index in [4.69, 9.17) is 10.5 Å². The minimum atomic E-state index is -1.10. The lowest BCUT2D eigenvalue weighted by atomic mass is 9.73. The van der Waals surface area contributed by atoms with Gasteiger partial charge in [0.1, 0.15) is 6.04 Å². The molecular weight excluding hydrogens is 504 g/mol. The first-order chi connectivity index (χ1) is 19.1. The lowest BCUT2D eigenvalue weighted by Crippen LogP contribution is -2.58. The Morgan fingerprint density at radius 2 is 1.82 bits per heavy atom. The van der Waals surface area contributed by atoms with Crippen LogP contribution >= 0.6 is 0 Å². The smallest absolute Gasteiger partial charge is 0.306 e. The number of nitrogens with zero attached hydrogens (tertiary/aromatic N) is 1. The first kappa shape index (κ1) is 27.9. The van der Waals surface area contributed by atoms with E-state index >= 15 is 0 Å². The number of para-hydroxylation sites is 1. The summed E-state index contributed by atoms with van der Waals surface area (Å²) in [7, 11) is 0. The molecule has 2 aromatic carbocycles. The average Bonchev–Trinajstić information content (AvgIpc) is 3.47. The van der Waals surface area contributed by atoms with Crippen LogP contribution in [0.3, 0.4) is 0 Å². The second-order valence-corrected chi connectivity index (χ2v) is 11.9. The number of rotatable bonds is 8. The van der Waals surface area contributed by atoms with Crippen LogP contribution in [-0.2, 0) is 31.0 Å². The van der Waals surface area contributed by atoms with Crippen LogP contribution in [-0.4, -0.2) is 58.9 Å². The third-order valence-corrected chi connectivity index (χ3v) is 8.65. The fraction of sp³-hybridized carbons (Fsp3) is 0.469. The van der Waals surface area contributed by atoms with Crippen LogP contribution < -0.4 is 11.1 Å². The van der Waals surface area contributed by atoms with Crippen molar-refractivity contribution >= 4 is 28.7 Å². The number of aromatic amines is 1. The Balaban J connectivity index is 1.33. The van der Waals surface area contributed by atoms with Crippen molar-refractivity contribution in [1.29, 1.82) is 0 Å². The minimum Gasteiger partial charge on any atom is -0.466 e. The monoisotopic (exact) mass is 544 g/mol. The van der Waals surface area contributed by atoms with E-state index < -0.39 is 11.6 Å². The number of aromatic nitrogens is 1. The van der Waals surface area contributed by atoms with E-state index in [9.17, 15) is 14.4 Å². The second-order valence-electron chi connectivity index (χ2n) is 11.9. The first-order valence-corrected chi connectivity index (χ1v) is 14.3. The first-order valence-electron chi connectivity index (χ1n) is 14.3. The lowest BCUT2D eigenvalue weighted by molar-refractivity contribution is -0.143. The van der Waals surface area contributed by atoms with Crippen molar-refractivity contribution in [3.05, 3.63) is 71.4 Å². The fourth-order valence-electron chi connectivity index (χ4n) is 6.54. The molecule has 0 bridgehead atoms. The van der Waals surface area contributed by atoms with Crippen molar-refractivity contribution in [2.45, 2.75) is 75.8 Å². The molecule has 2 heterocycles. The number of ether oxygens (including phenoxy) is 1. The van der Waals surface area contributed by atoms with Gasteiger partial charge in [0.15, 0.2) is 0 Å². The molecule has 8 heteroatoms. The van der Waals surface area contributed by atoms with E-state index in [1.165, 1.54) is 11.1 Å². The molecule has 0 saturated carbocycles. The molecule has 212 valence electrons. The van der Waals surface area contributed by atoms with Gasteiger partial charge in [-0.2, -0.15) is 0 Å². The summed E-state index contributed by atoms with van der Waals surface area (Å²) in [5, 5.41) is 3.99. The van der Waals surface area contributed by atoms with Gasteiger partial charge in [0.05, 0.1) is 18.6 Å². The number of hydrogen-bond donors (Lipinski definition) is 3. The largest absolute Gasteiger partial charge is 0.466 e. The molecule has 3 aromatic rings. The number of piperidine rings is 1. The van der Waals surface area contributed by atoms with E-state index in [1.54, 1.807) is 13.8 Å². The molecule has 2 amide bonds. The SMILES string of the molecule is CCOC(=O)C[C@@H]1CC2(CCN(C(=O)[C@@H](Cc3c[nH]c4ccccc34)NC(=O)C(C)(C)N)CC2)c2ccccc21. The summed E-state index contributed by atoms with van der Waals surface area (Å²) in [5.41, 5.74) is 9.40. The number of esters is 1. The van der Waals surface area contributed by atoms with E-state index in [1.807, 2.05) is 48.4 Å². The van der Waals surface area contributed by atoms with Gasteiger partial charge < -0.3 is 25.7 Å².